The van der Waals surface area contributed by atoms with Gasteiger partial charge in [-0.3, -0.25) is 14.3 Å². The summed E-state index contributed by atoms with van der Waals surface area (Å²) in [6.45, 7) is 2.63. The van der Waals surface area contributed by atoms with Crippen LogP contribution in [0.2, 0.25) is 0 Å². The summed E-state index contributed by atoms with van der Waals surface area (Å²) < 4.78 is 12.2. The van der Waals surface area contributed by atoms with Crippen LogP contribution in [-0.2, 0) is 21.1 Å². The Hall–Kier alpha value is -0.580. The van der Waals surface area contributed by atoms with E-state index in [9.17, 15) is 4.79 Å². The third kappa shape index (κ3) is 3.50. The summed E-state index contributed by atoms with van der Waals surface area (Å²) in [7, 11) is 0. The van der Waals surface area contributed by atoms with E-state index in [1.54, 1.807) is 33.7 Å². The van der Waals surface area contributed by atoms with Gasteiger partial charge in [0.15, 0.2) is 15.8 Å². The zero-order chi connectivity index (χ0) is 17.6. The molecule has 0 saturated carbocycles. The molecule has 2 fully saturated rings. The maximum Gasteiger partial charge on any atom is 0.280 e. The van der Waals surface area contributed by atoms with Gasteiger partial charge in [-0.15, -0.1) is 0 Å². The molecule has 4 heterocycles. The van der Waals surface area contributed by atoms with Crippen molar-refractivity contribution in [2.24, 2.45) is 5.92 Å². The minimum absolute atomic E-state index is 0.0385. The molecule has 25 heavy (non-hydrogen) atoms. The van der Waals surface area contributed by atoms with Crippen molar-refractivity contribution in [1.82, 2.24) is 19.5 Å². The normalized spacial score (nSPS) is 28.8. The molecular weight excluding hydrogens is 401 g/mol. The summed E-state index contributed by atoms with van der Waals surface area (Å²) in [6, 6.07) is 0. The van der Waals surface area contributed by atoms with E-state index in [0.29, 0.717) is 18.2 Å². The van der Waals surface area contributed by atoms with Crippen LogP contribution < -0.4 is 11.3 Å². The Morgan fingerprint density at radius 3 is 3.08 bits per heavy atom. The predicted octanol–water partition coefficient (Wildman–Crippen LogP) is 2.35. The van der Waals surface area contributed by atoms with E-state index in [1.807, 2.05) is 0 Å². The van der Waals surface area contributed by atoms with Crippen LogP contribution in [0, 0.1) is 5.92 Å². The number of nitrogens with zero attached hydrogens (tertiary/aromatic N) is 3. The van der Waals surface area contributed by atoms with Crippen molar-refractivity contribution in [2.45, 2.75) is 25.7 Å². The summed E-state index contributed by atoms with van der Waals surface area (Å²) in [6.07, 6.45) is 2.09. The van der Waals surface area contributed by atoms with Crippen molar-refractivity contribution in [1.29, 1.82) is 0 Å². The van der Waals surface area contributed by atoms with Crippen molar-refractivity contribution in [3.05, 3.63) is 16.7 Å². The SMILES string of the molecule is C[C@H]1C[C@H](n2cnc3c(=O)[nH]c(N)nc32)O[C@@H]1COP1(=S)SCCS1. The fraction of sp³-hybridized carbons (Fsp3) is 0.615. The van der Waals surface area contributed by atoms with E-state index in [-0.39, 0.29) is 29.4 Å². The van der Waals surface area contributed by atoms with Crippen molar-refractivity contribution in [3.8, 4) is 0 Å². The van der Waals surface area contributed by atoms with Crippen molar-refractivity contribution >= 4 is 56.4 Å². The largest absolute Gasteiger partial charge is 0.369 e. The average Bonchev–Trinajstić information content (AvgIpc) is 3.24. The number of aromatic amines is 1. The molecule has 0 aliphatic carbocycles. The number of nitrogens with one attached hydrogen (secondary N) is 1. The van der Waals surface area contributed by atoms with Crippen LogP contribution in [0.15, 0.2) is 11.1 Å². The lowest BCUT2D eigenvalue weighted by molar-refractivity contribution is -0.0202. The van der Waals surface area contributed by atoms with Crippen molar-refractivity contribution in [2.75, 3.05) is 23.8 Å². The number of fused-ring (bicyclic) bond motifs is 1. The number of ether oxygens (including phenoxy) is 1. The highest BCUT2D eigenvalue weighted by Crippen LogP contribution is 2.74. The first-order valence-electron chi connectivity index (χ1n) is 7.86. The number of hydrogen-bond acceptors (Lipinski definition) is 9. The summed E-state index contributed by atoms with van der Waals surface area (Å²) in [4.78, 5) is 22.7. The molecule has 2 aliphatic heterocycles. The molecule has 136 valence electrons. The molecule has 3 N–H and O–H groups in total. The molecule has 2 aromatic heterocycles. The van der Waals surface area contributed by atoms with Crippen LogP contribution in [0.4, 0.5) is 5.95 Å². The van der Waals surface area contributed by atoms with Crippen molar-refractivity contribution in [3.63, 3.8) is 0 Å². The number of aromatic nitrogens is 4. The van der Waals surface area contributed by atoms with Crippen LogP contribution >= 0.6 is 27.4 Å². The second-order valence-corrected chi connectivity index (χ2v) is 16.8. The monoisotopic (exact) mass is 419 g/mol. The zero-order valence-corrected chi connectivity index (χ0v) is 16.8. The highest BCUT2D eigenvalue weighted by Gasteiger charge is 2.36. The molecule has 0 spiro atoms. The molecular formula is C13H18N5O3PS3. The second kappa shape index (κ2) is 6.86. The Morgan fingerprint density at radius 1 is 1.56 bits per heavy atom. The highest BCUT2D eigenvalue weighted by molar-refractivity contribution is 9.00. The lowest BCUT2D eigenvalue weighted by Gasteiger charge is -2.20. The Balaban J connectivity index is 1.51. The Bertz CT molecular complexity index is 893. The first kappa shape index (κ1) is 17.8. The van der Waals surface area contributed by atoms with E-state index in [1.165, 1.54) is 0 Å². The number of rotatable bonds is 4. The minimum Gasteiger partial charge on any atom is -0.369 e. The molecule has 2 saturated heterocycles. The molecule has 2 aliphatic rings. The fourth-order valence-corrected chi connectivity index (χ4v) is 11.8. The third-order valence-electron chi connectivity index (χ3n) is 4.28. The van der Waals surface area contributed by atoms with Gasteiger partial charge in [-0.2, -0.15) is 4.98 Å². The third-order valence-corrected chi connectivity index (χ3v) is 14.1. The highest BCUT2D eigenvalue weighted by atomic mass is 33.2. The van der Waals surface area contributed by atoms with Crippen LogP contribution in [-0.4, -0.2) is 43.7 Å². The maximum atomic E-state index is 11.9. The smallest absolute Gasteiger partial charge is 0.280 e. The summed E-state index contributed by atoms with van der Waals surface area (Å²) in [5.74, 6) is 2.50. The fourth-order valence-electron chi connectivity index (χ4n) is 2.97. The molecule has 0 amide bonds. The average molecular weight is 419 g/mol. The molecule has 0 radical (unpaired) electrons. The van der Waals surface area contributed by atoms with Crippen LogP contribution in [0.3, 0.4) is 0 Å². The van der Waals surface area contributed by atoms with Crippen molar-refractivity contribution < 1.29 is 9.26 Å². The van der Waals surface area contributed by atoms with E-state index in [0.717, 1.165) is 17.9 Å². The molecule has 3 atom stereocenters. The van der Waals surface area contributed by atoms with Gasteiger partial charge in [0, 0.05) is 11.5 Å². The molecule has 12 heteroatoms. The quantitative estimate of drug-likeness (QED) is 0.722. The van der Waals surface area contributed by atoms with Gasteiger partial charge in [0.2, 0.25) is 5.95 Å². The van der Waals surface area contributed by atoms with Crippen LogP contribution in [0.1, 0.15) is 19.6 Å². The van der Waals surface area contributed by atoms with Gasteiger partial charge in [-0.25, -0.2) is 4.98 Å². The maximum absolute atomic E-state index is 11.9. The van der Waals surface area contributed by atoms with E-state index in [2.05, 4.69) is 21.9 Å². The Morgan fingerprint density at radius 2 is 2.32 bits per heavy atom. The number of nitrogens with two attached hydrogens (primary N) is 1. The Labute approximate surface area is 157 Å². The van der Waals surface area contributed by atoms with Gasteiger partial charge < -0.3 is 15.0 Å². The first-order valence-corrected chi connectivity index (χ1v) is 13.8. The number of nitrogen functional groups attached to an aromatic ring is 1. The van der Waals surface area contributed by atoms with Gasteiger partial charge in [0.1, 0.15) is 6.23 Å². The summed E-state index contributed by atoms with van der Waals surface area (Å²) >= 11 is 9.16. The second-order valence-electron chi connectivity index (χ2n) is 6.03. The molecule has 8 nitrogen and oxygen atoms in total. The molecule has 0 aromatic carbocycles. The summed E-state index contributed by atoms with van der Waals surface area (Å²) in [5.41, 5.74) is 6.01. The minimum atomic E-state index is -1.79. The molecule has 2 aromatic rings. The summed E-state index contributed by atoms with van der Waals surface area (Å²) in [5, 5.41) is 0. The first-order chi connectivity index (χ1) is 12.0. The lowest BCUT2D eigenvalue weighted by Crippen LogP contribution is -2.20. The molecule has 0 unspecified atom stereocenters. The van der Waals surface area contributed by atoms with Crippen LogP contribution in [0.25, 0.3) is 11.2 Å². The topological polar surface area (TPSA) is 108 Å². The predicted molar refractivity (Wildman–Crippen MR) is 105 cm³/mol. The lowest BCUT2D eigenvalue weighted by atomic mass is 10.0. The number of anilines is 1. The molecule has 0 bridgehead atoms. The standard InChI is InChI=1S/C13H18N5O3PS3/c1-7-4-9(21-8(7)5-20-22(23)24-2-3-25-22)18-6-15-10-11(18)16-13(14)17-12(10)19/h6-9H,2-5H2,1H3,(H3,14,16,17,19)/t7-,8+,9+/m0/s1. The number of H-pyrrole nitrogens is 1. The number of imidazole rings is 1. The number of hydrogen-bond donors (Lipinski definition) is 2. The van der Waals surface area contributed by atoms with Crippen LogP contribution in [0.5, 0.6) is 0 Å². The van der Waals surface area contributed by atoms with Gasteiger partial charge >= 0.3 is 0 Å². The Kier molecular flexibility index (Phi) is 4.89. The van der Waals surface area contributed by atoms with E-state index in [4.69, 9.17) is 26.8 Å². The van der Waals surface area contributed by atoms with Gasteiger partial charge in [-0.1, -0.05) is 29.7 Å². The zero-order valence-electron chi connectivity index (χ0n) is 13.5. The van der Waals surface area contributed by atoms with E-state index < -0.39 is 4.67 Å². The van der Waals surface area contributed by atoms with Gasteiger partial charge in [0.25, 0.3) is 5.56 Å². The van der Waals surface area contributed by atoms with Gasteiger partial charge in [0.05, 0.1) is 19.0 Å². The van der Waals surface area contributed by atoms with Gasteiger partial charge in [-0.05, 0) is 24.1 Å². The van der Waals surface area contributed by atoms with E-state index >= 15 is 0 Å². The molecule has 4 rings (SSSR count).